The summed E-state index contributed by atoms with van der Waals surface area (Å²) in [5.74, 6) is 0.458. The van der Waals surface area contributed by atoms with Crippen LogP contribution < -0.4 is 0 Å². The number of nitrogens with zero attached hydrogens (tertiary/aromatic N) is 2. The molecule has 0 N–H and O–H groups in total. The van der Waals surface area contributed by atoms with Crippen LogP contribution in [0.5, 0.6) is 0 Å². The monoisotopic (exact) mass is 442 g/mol. The Morgan fingerprint density at radius 3 is 2.42 bits per heavy atom. The van der Waals surface area contributed by atoms with Gasteiger partial charge in [-0.15, -0.1) is 0 Å². The first-order chi connectivity index (χ1) is 14.9. The molecule has 0 unspecified atom stereocenters. The fourth-order valence-corrected chi connectivity index (χ4v) is 4.59. The van der Waals surface area contributed by atoms with Gasteiger partial charge in [-0.1, -0.05) is 18.2 Å². The summed E-state index contributed by atoms with van der Waals surface area (Å²) in [6, 6.07) is 15.2. The summed E-state index contributed by atoms with van der Waals surface area (Å²) in [6.45, 7) is 3.08. The van der Waals surface area contributed by atoms with E-state index in [1.54, 1.807) is 6.92 Å². The lowest BCUT2D eigenvalue weighted by atomic mass is 10.2. The maximum Gasteiger partial charge on any atom is 0.338 e. The van der Waals surface area contributed by atoms with Crippen molar-refractivity contribution in [2.75, 3.05) is 26.3 Å². The number of rotatable bonds is 6. The van der Waals surface area contributed by atoms with Crippen LogP contribution >= 0.6 is 0 Å². The summed E-state index contributed by atoms with van der Waals surface area (Å²) in [6.07, 6.45) is 0. The van der Waals surface area contributed by atoms with E-state index in [4.69, 9.17) is 13.9 Å². The summed E-state index contributed by atoms with van der Waals surface area (Å²) in [5, 5.41) is 0. The molecule has 8 nitrogen and oxygen atoms in total. The number of ether oxygens (including phenoxy) is 2. The summed E-state index contributed by atoms with van der Waals surface area (Å²) in [5.41, 5.74) is 1.62. The van der Waals surface area contributed by atoms with Crippen LogP contribution in [-0.2, 0) is 26.1 Å². The number of sulfonamides is 1. The van der Waals surface area contributed by atoms with Crippen LogP contribution in [0.2, 0.25) is 0 Å². The molecule has 1 aliphatic rings. The molecule has 0 saturated carbocycles. The zero-order valence-corrected chi connectivity index (χ0v) is 17.8. The molecule has 0 amide bonds. The van der Waals surface area contributed by atoms with E-state index in [1.165, 1.54) is 28.6 Å². The second-order valence-electron chi connectivity index (χ2n) is 7.00. The van der Waals surface area contributed by atoms with Gasteiger partial charge in [0.05, 0.1) is 23.7 Å². The minimum Gasteiger partial charge on any atom is -0.455 e. The van der Waals surface area contributed by atoms with Crippen LogP contribution in [-0.4, -0.2) is 50.0 Å². The number of morpholine rings is 1. The summed E-state index contributed by atoms with van der Waals surface area (Å²) in [4.78, 5) is 16.9. The number of hydrogen-bond acceptors (Lipinski definition) is 7. The summed E-state index contributed by atoms with van der Waals surface area (Å²) in [7, 11) is -3.61. The molecule has 3 aromatic rings. The van der Waals surface area contributed by atoms with E-state index in [9.17, 15) is 13.2 Å². The lowest BCUT2D eigenvalue weighted by molar-refractivity contribution is 0.0467. The summed E-state index contributed by atoms with van der Waals surface area (Å²) >= 11 is 0. The largest absolute Gasteiger partial charge is 0.455 e. The van der Waals surface area contributed by atoms with Gasteiger partial charge in [-0.3, -0.25) is 0 Å². The van der Waals surface area contributed by atoms with Crippen LogP contribution in [0.4, 0.5) is 0 Å². The number of aromatic nitrogens is 1. The molecule has 0 atom stereocenters. The number of oxazole rings is 1. The second-order valence-corrected chi connectivity index (χ2v) is 8.94. The Balaban J connectivity index is 1.41. The Morgan fingerprint density at radius 2 is 1.74 bits per heavy atom. The van der Waals surface area contributed by atoms with Gasteiger partial charge >= 0.3 is 5.97 Å². The molecule has 2 aromatic carbocycles. The summed E-state index contributed by atoms with van der Waals surface area (Å²) < 4.78 is 42.9. The van der Waals surface area contributed by atoms with Crippen molar-refractivity contribution >= 4 is 16.0 Å². The van der Waals surface area contributed by atoms with Crippen molar-refractivity contribution in [2.45, 2.75) is 18.4 Å². The Kier molecular flexibility index (Phi) is 6.17. The highest BCUT2D eigenvalue weighted by Gasteiger charge is 2.26. The maximum atomic E-state index is 12.7. The highest BCUT2D eigenvalue weighted by Crippen LogP contribution is 2.22. The number of hydrogen-bond donors (Lipinski definition) is 0. The number of benzene rings is 2. The Bertz CT molecular complexity index is 1150. The van der Waals surface area contributed by atoms with Gasteiger partial charge in [-0.2, -0.15) is 4.31 Å². The number of carbonyl (C=O) groups excluding carboxylic acids is 1. The van der Waals surface area contributed by atoms with E-state index in [0.29, 0.717) is 43.6 Å². The Hall–Kier alpha value is -3.01. The van der Waals surface area contributed by atoms with Crippen molar-refractivity contribution < 1.29 is 27.1 Å². The minimum atomic E-state index is -3.61. The average Bonchev–Trinajstić information content (AvgIpc) is 3.19. The van der Waals surface area contributed by atoms with Crippen LogP contribution in [0.15, 0.2) is 63.9 Å². The van der Waals surface area contributed by atoms with E-state index in [2.05, 4.69) is 4.98 Å². The minimum absolute atomic E-state index is 0.0468. The number of carbonyl (C=O) groups is 1. The smallest absolute Gasteiger partial charge is 0.338 e. The van der Waals surface area contributed by atoms with Crippen LogP contribution in [0.25, 0.3) is 11.5 Å². The van der Waals surface area contributed by atoms with Gasteiger partial charge in [0, 0.05) is 18.7 Å². The molecular formula is C22H22N2O6S. The van der Waals surface area contributed by atoms with E-state index in [1.807, 2.05) is 30.3 Å². The molecule has 1 aliphatic heterocycles. The van der Waals surface area contributed by atoms with Gasteiger partial charge in [0.15, 0.2) is 0 Å². The Morgan fingerprint density at radius 1 is 1.06 bits per heavy atom. The van der Waals surface area contributed by atoms with Crippen molar-refractivity contribution in [3.63, 3.8) is 0 Å². The third kappa shape index (κ3) is 4.68. The normalized spacial score (nSPS) is 15.0. The van der Waals surface area contributed by atoms with Gasteiger partial charge < -0.3 is 13.9 Å². The highest BCUT2D eigenvalue weighted by atomic mass is 32.2. The quantitative estimate of drug-likeness (QED) is 0.541. The molecule has 0 radical (unpaired) electrons. The van der Waals surface area contributed by atoms with Crippen LogP contribution in [0.1, 0.15) is 21.8 Å². The van der Waals surface area contributed by atoms with Crippen molar-refractivity contribution in [3.05, 3.63) is 71.6 Å². The zero-order valence-electron chi connectivity index (χ0n) is 17.0. The van der Waals surface area contributed by atoms with Crippen molar-refractivity contribution in [3.8, 4) is 11.5 Å². The number of aryl methyl sites for hydroxylation is 1. The standard InChI is InChI=1S/C22H22N2O6S/c1-16-20(23-21(30-16)17-5-3-2-4-6-17)15-29-22(25)18-7-9-19(10-8-18)31(26,27)24-11-13-28-14-12-24/h2-10H,11-15H2,1H3. The second kappa shape index (κ2) is 9.01. The topological polar surface area (TPSA) is 98.9 Å². The van der Waals surface area contributed by atoms with Gasteiger partial charge in [0.2, 0.25) is 15.9 Å². The molecule has 0 aliphatic carbocycles. The molecule has 1 saturated heterocycles. The molecule has 0 bridgehead atoms. The predicted octanol–water partition coefficient (Wildman–Crippen LogP) is 3.03. The third-order valence-corrected chi connectivity index (χ3v) is 6.86. The lowest BCUT2D eigenvalue weighted by Crippen LogP contribution is -2.40. The first kappa shape index (κ1) is 21.2. The molecule has 1 fully saturated rings. The van der Waals surface area contributed by atoms with E-state index in [-0.39, 0.29) is 17.1 Å². The van der Waals surface area contributed by atoms with Crippen molar-refractivity contribution in [2.24, 2.45) is 0 Å². The lowest BCUT2D eigenvalue weighted by Gasteiger charge is -2.26. The molecule has 9 heteroatoms. The molecular weight excluding hydrogens is 420 g/mol. The van der Waals surface area contributed by atoms with Crippen molar-refractivity contribution in [1.82, 2.24) is 9.29 Å². The fraction of sp³-hybridized carbons (Fsp3) is 0.273. The molecule has 2 heterocycles. The van der Waals surface area contributed by atoms with E-state index < -0.39 is 16.0 Å². The van der Waals surface area contributed by atoms with Gasteiger partial charge in [-0.25, -0.2) is 18.2 Å². The zero-order chi connectivity index (χ0) is 21.8. The molecule has 4 rings (SSSR count). The predicted molar refractivity (Wildman–Crippen MR) is 112 cm³/mol. The molecule has 1 aromatic heterocycles. The van der Waals surface area contributed by atoms with Gasteiger partial charge in [0.1, 0.15) is 18.1 Å². The first-order valence-corrected chi connectivity index (χ1v) is 11.3. The SMILES string of the molecule is Cc1oc(-c2ccccc2)nc1COC(=O)c1ccc(S(=O)(=O)N2CCOCC2)cc1. The number of esters is 1. The van der Waals surface area contributed by atoms with Crippen LogP contribution in [0, 0.1) is 6.92 Å². The van der Waals surface area contributed by atoms with E-state index in [0.717, 1.165) is 5.56 Å². The third-order valence-electron chi connectivity index (χ3n) is 4.95. The molecule has 162 valence electrons. The fourth-order valence-electron chi connectivity index (χ4n) is 3.18. The Labute approximate surface area is 180 Å². The van der Waals surface area contributed by atoms with Crippen LogP contribution in [0.3, 0.4) is 0 Å². The van der Waals surface area contributed by atoms with E-state index >= 15 is 0 Å². The van der Waals surface area contributed by atoms with Crippen molar-refractivity contribution in [1.29, 1.82) is 0 Å². The maximum absolute atomic E-state index is 12.7. The van der Waals surface area contributed by atoms with Gasteiger partial charge in [-0.05, 0) is 43.3 Å². The van der Waals surface area contributed by atoms with Gasteiger partial charge in [0.25, 0.3) is 0 Å². The molecule has 0 spiro atoms. The average molecular weight is 442 g/mol. The molecule has 31 heavy (non-hydrogen) atoms. The highest BCUT2D eigenvalue weighted by molar-refractivity contribution is 7.89. The first-order valence-electron chi connectivity index (χ1n) is 9.82.